The molecule has 2 aliphatic rings. The first-order valence-electron chi connectivity index (χ1n) is 12.6. The first kappa shape index (κ1) is 35.5. The summed E-state index contributed by atoms with van der Waals surface area (Å²) in [5.41, 5.74) is 8.23. The number of hydrogen-bond acceptors (Lipinski definition) is 7. The Labute approximate surface area is 251 Å². The van der Waals surface area contributed by atoms with Gasteiger partial charge in [-0.05, 0) is 54.7 Å². The van der Waals surface area contributed by atoms with E-state index in [0.717, 1.165) is 29.9 Å². The summed E-state index contributed by atoms with van der Waals surface area (Å²) in [6, 6.07) is 7.90. The van der Waals surface area contributed by atoms with Gasteiger partial charge in [-0.2, -0.15) is 13.2 Å². The van der Waals surface area contributed by atoms with Crippen LogP contribution < -0.4 is 15.8 Å². The van der Waals surface area contributed by atoms with E-state index in [1.807, 2.05) is 26.0 Å². The minimum atomic E-state index is -4.76. The molecule has 0 bridgehead atoms. The summed E-state index contributed by atoms with van der Waals surface area (Å²) < 4.78 is 82.6. The number of anilines is 1. The minimum Gasteiger partial charge on any atom is -0.476 e. The number of nitrogens with one attached hydrogen (secondary N) is 1. The molecule has 0 radical (unpaired) electrons. The standard InChI is InChI=1S/C27H34F4N2O5S.2ClH/c1-26(2)19-7-15(4-5-17(19)11-37-26)10-33-21-14-39(35)13-18(25(21)34)6-16-8-20(28)24(32)22(9-16)38-23(12-36-3)27(29,30)31;;/h4-5,7-9,18,21,23,25,33-34H,6,10-14,32H2,1-3H3;2*1H/t18-,21+,23-,25+,39-;;/m1../s1. The molecule has 4 N–H and O–H groups in total. The zero-order valence-corrected chi connectivity index (χ0v) is 25.3. The van der Waals surface area contributed by atoms with Gasteiger partial charge in [-0.3, -0.25) is 4.21 Å². The van der Waals surface area contributed by atoms with E-state index in [4.69, 9.17) is 15.2 Å². The SMILES string of the molecule is COC[C@@H](Oc1cc(C[C@@H]2C[S@@](=O)C[C@H](NCc3ccc4c(c3)C(C)(C)OC4)[C@H]2O)cc(F)c1N)C(F)(F)F.Cl.Cl. The smallest absolute Gasteiger partial charge is 0.427 e. The van der Waals surface area contributed by atoms with Gasteiger partial charge >= 0.3 is 6.18 Å². The molecule has 4 rings (SSSR count). The largest absolute Gasteiger partial charge is 0.476 e. The molecule has 1 saturated heterocycles. The van der Waals surface area contributed by atoms with Crippen molar-refractivity contribution in [2.45, 2.75) is 63.4 Å². The molecule has 0 amide bonds. The van der Waals surface area contributed by atoms with E-state index in [1.54, 1.807) is 0 Å². The summed E-state index contributed by atoms with van der Waals surface area (Å²) in [6.45, 7) is 4.21. The number of halogens is 6. The predicted molar refractivity (Wildman–Crippen MR) is 154 cm³/mol. The van der Waals surface area contributed by atoms with Crippen LogP contribution in [0.15, 0.2) is 30.3 Å². The zero-order chi connectivity index (χ0) is 28.5. The number of nitrogens with two attached hydrogens (primary N) is 1. The molecule has 1 fully saturated rings. The average Bonchev–Trinajstić information content (AvgIpc) is 3.16. The molecule has 2 heterocycles. The first-order chi connectivity index (χ1) is 18.3. The second kappa shape index (κ2) is 14.2. The van der Waals surface area contributed by atoms with Crippen LogP contribution in [0.4, 0.5) is 23.2 Å². The van der Waals surface area contributed by atoms with Gasteiger partial charge < -0.3 is 30.4 Å². The van der Waals surface area contributed by atoms with Crippen LogP contribution in [0.1, 0.15) is 36.1 Å². The molecule has 0 unspecified atom stereocenters. The Balaban J connectivity index is 0.00000294. The van der Waals surface area contributed by atoms with Gasteiger partial charge in [0.1, 0.15) is 17.3 Å². The fourth-order valence-electron chi connectivity index (χ4n) is 5.06. The monoisotopic (exact) mass is 646 g/mol. The number of methoxy groups -OCH3 is 1. The van der Waals surface area contributed by atoms with E-state index < -0.39 is 65.0 Å². The van der Waals surface area contributed by atoms with Gasteiger partial charge in [0, 0.05) is 47.9 Å². The normalized spacial score (nSPS) is 24.1. The van der Waals surface area contributed by atoms with Crippen LogP contribution in [0.2, 0.25) is 0 Å². The fraction of sp³-hybridized carbons (Fsp3) is 0.556. The van der Waals surface area contributed by atoms with Gasteiger partial charge in [0.15, 0.2) is 0 Å². The van der Waals surface area contributed by atoms with Crippen molar-refractivity contribution < 1.29 is 41.1 Å². The molecule has 0 aliphatic carbocycles. The van der Waals surface area contributed by atoms with Crippen LogP contribution in [0, 0.1) is 11.7 Å². The molecule has 41 heavy (non-hydrogen) atoms. The molecule has 2 aliphatic heterocycles. The van der Waals surface area contributed by atoms with Gasteiger partial charge in [-0.25, -0.2) is 4.39 Å². The Morgan fingerprint density at radius 3 is 2.56 bits per heavy atom. The lowest BCUT2D eigenvalue weighted by Crippen LogP contribution is -2.53. The molecule has 2 aromatic carbocycles. The predicted octanol–water partition coefficient (Wildman–Crippen LogP) is 4.41. The van der Waals surface area contributed by atoms with Crippen molar-refractivity contribution in [2.24, 2.45) is 5.92 Å². The van der Waals surface area contributed by atoms with Crippen LogP contribution in [0.3, 0.4) is 0 Å². The van der Waals surface area contributed by atoms with Crippen molar-refractivity contribution in [3.63, 3.8) is 0 Å². The second-order valence-electron chi connectivity index (χ2n) is 10.6. The van der Waals surface area contributed by atoms with Crippen LogP contribution in [0.25, 0.3) is 0 Å². The van der Waals surface area contributed by atoms with Gasteiger partial charge in [0.05, 0.1) is 24.9 Å². The number of ether oxygens (including phenoxy) is 3. The summed E-state index contributed by atoms with van der Waals surface area (Å²) in [7, 11) is -0.167. The van der Waals surface area contributed by atoms with E-state index in [-0.39, 0.29) is 53.9 Å². The molecule has 2 aromatic rings. The summed E-state index contributed by atoms with van der Waals surface area (Å²) in [5, 5.41) is 14.4. The summed E-state index contributed by atoms with van der Waals surface area (Å²) in [6.07, 6.45) is -7.94. The molecule has 0 saturated carbocycles. The third kappa shape index (κ3) is 8.46. The Bertz CT molecular complexity index is 1220. The third-order valence-electron chi connectivity index (χ3n) is 7.24. The molecule has 5 atom stereocenters. The van der Waals surface area contributed by atoms with E-state index in [2.05, 4.69) is 16.1 Å². The highest BCUT2D eigenvalue weighted by Crippen LogP contribution is 2.36. The minimum absolute atomic E-state index is 0. The molecule has 14 heteroatoms. The lowest BCUT2D eigenvalue weighted by atomic mass is 9.90. The molecule has 7 nitrogen and oxygen atoms in total. The highest BCUT2D eigenvalue weighted by atomic mass is 35.5. The van der Waals surface area contributed by atoms with Crippen molar-refractivity contribution in [2.75, 3.05) is 31.0 Å². The van der Waals surface area contributed by atoms with Gasteiger partial charge in [0.25, 0.3) is 0 Å². The Kier molecular flexibility index (Phi) is 12.3. The quantitative estimate of drug-likeness (QED) is 0.274. The number of aliphatic hydroxyl groups excluding tert-OH is 1. The molecule has 232 valence electrons. The number of alkyl halides is 3. The molecule has 0 spiro atoms. The topological polar surface area (TPSA) is 103 Å². The number of benzene rings is 2. The van der Waals surface area contributed by atoms with Gasteiger partial charge in [-0.15, -0.1) is 24.8 Å². The van der Waals surface area contributed by atoms with Gasteiger partial charge in [-0.1, -0.05) is 18.2 Å². The Morgan fingerprint density at radius 1 is 1.20 bits per heavy atom. The fourth-order valence-corrected chi connectivity index (χ4v) is 6.71. The van der Waals surface area contributed by atoms with Crippen molar-refractivity contribution in [1.82, 2.24) is 5.32 Å². The average molecular weight is 648 g/mol. The maximum Gasteiger partial charge on any atom is 0.427 e. The number of aliphatic hydroxyl groups is 1. The van der Waals surface area contributed by atoms with Crippen molar-refractivity contribution in [3.05, 3.63) is 58.4 Å². The number of fused-ring (bicyclic) bond motifs is 1. The number of rotatable bonds is 9. The maximum atomic E-state index is 14.6. The summed E-state index contributed by atoms with van der Waals surface area (Å²) >= 11 is 0. The van der Waals surface area contributed by atoms with Crippen LogP contribution in [0.5, 0.6) is 5.75 Å². The van der Waals surface area contributed by atoms with Crippen molar-refractivity contribution in [3.8, 4) is 5.75 Å². The highest BCUT2D eigenvalue weighted by Gasteiger charge is 2.42. The van der Waals surface area contributed by atoms with Crippen LogP contribution in [-0.4, -0.2) is 59.0 Å². The van der Waals surface area contributed by atoms with E-state index in [9.17, 15) is 26.9 Å². The summed E-state index contributed by atoms with van der Waals surface area (Å²) in [4.78, 5) is 0. The number of hydrogen-bond donors (Lipinski definition) is 3. The Morgan fingerprint density at radius 2 is 1.90 bits per heavy atom. The molecular formula is C27H36Cl2F4N2O5S. The van der Waals surface area contributed by atoms with E-state index in [0.29, 0.717) is 13.2 Å². The van der Waals surface area contributed by atoms with E-state index in [1.165, 1.54) is 6.07 Å². The number of nitrogen functional groups attached to an aromatic ring is 1. The van der Waals surface area contributed by atoms with Crippen LogP contribution >= 0.6 is 24.8 Å². The van der Waals surface area contributed by atoms with Gasteiger partial charge in [0.2, 0.25) is 6.10 Å². The third-order valence-corrected chi connectivity index (χ3v) is 8.77. The summed E-state index contributed by atoms with van der Waals surface area (Å²) in [5.74, 6) is -1.52. The lowest BCUT2D eigenvalue weighted by Gasteiger charge is -2.35. The maximum absolute atomic E-state index is 14.6. The van der Waals surface area contributed by atoms with Crippen LogP contribution in [-0.2, 0) is 45.4 Å². The Hall–Kier alpha value is -1.67. The van der Waals surface area contributed by atoms with Crippen molar-refractivity contribution >= 4 is 41.3 Å². The second-order valence-corrected chi connectivity index (χ2v) is 12.1. The zero-order valence-electron chi connectivity index (χ0n) is 22.8. The first-order valence-corrected chi connectivity index (χ1v) is 14.1. The molecule has 0 aromatic heterocycles. The van der Waals surface area contributed by atoms with Crippen molar-refractivity contribution in [1.29, 1.82) is 0 Å². The molecular weight excluding hydrogens is 611 g/mol. The lowest BCUT2D eigenvalue weighted by molar-refractivity contribution is -0.206. The van der Waals surface area contributed by atoms with E-state index >= 15 is 0 Å². The highest BCUT2D eigenvalue weighted by molar-refractivity contribution is 7.85.